The smallest absolute Gasteiger partial charge is 0.248 e. The SMILES string of the molecule is NC(=O)c1cc2c3c(c1)nc(N)n3CCCCn1c(N)nc3c1=C(CC(C(N)=O)C=3)OCCCO2. The van der Waals surface area contributed by atoms with Gasteiger partial charge in [-0.1, -0.05) is 0 Å². The van der Waals surface area contributed by atoms with E-state index in [9.17, 15) is 9.59 Å². The molecule has 3 aromatic rings. The summed E-state index contributed by atoms with van der Waals surface area (Å²) in [6, 6.07) is 3.24. The zero-order valence-corrected chi connectivity index (χ0v) is 19.2. The van der Waals surface area contributed by atoms with E-state index < -0.39 is 17.7 Å². The molecule has 2 amide bonds. The van der Waals surface area contributed by atoms with Crippen LogP contribution < -0.4 is 38.4 Å². The largest absolute Gasteiger partial charge is 0.496 e. The number of nitrogen functional groups attached to an aromatic ring is 2. The molecule has 184 valence electrons. The van der Waals surface area contributed by atoms with Crippen molar-refractivity contribution in [2.24, 2.45) is 17.4 Å². The second kappa shape index (κ2) is 8.85. The molecular weight excluding hydrogens is 452 g/mol. The van der Waals surface area contributed by atoms with Gasteiger partial charge in [-0.25, -0.2) is 9.97 Å². The Morgan fingerprint density at radius 1 is 0.943 bits per heavy atom. The van der Waals surface area contributed by atoms with Crippen LogP contribution in [-0.2, 0) is 22.6 Å². The Morgan fingerprint density at radius 2 is 1.66 bits per heavy atom. The number of hydrogen-bond acceptors (Lipinski definition) is 8. The molecule has 0 saturated heterocycles. The van der Waals surface area contributed by atoms with E-state index in [1.54, 1.807) is 18.2 Å². The Hall–Kier alpha value is -4.22. The average molecular weight is 481 g/mol. The highest BCUT2D eigenvalue weighted by Crippen LogP contribution is 2.30. The molecule has 2 aromatic heterocycles. The van der Waals surface area contributed by atoms with Crippen LogP contribution >= 0.6 is 0 Å². The van der Waals surface area contributed by atoms with Gasteiger partial charge in [-0.15, -0.1) is 0 Å². The first-order chi connectivity index (χ1) is 16.8. The van der Waals surface area contributed by atoms with Gasteiger partial charge in [0.05, 0.1) is 30.0 Å². The first-order valence-corrected chi connectivity index (χ1v) is 11.5. The van der Waals surface area contributed by atoms with E-state index in [4.69, 9.17) is 32.4 Å². The molecular formula is C23H28N8O4. The molecule has 3 heterocycles. The molecule has 5 rings (SSSR count). The van der Waals surface area contributed by atoms with Crippen molar-refractivity contribution in [2.45, 2.75) is 38.8 Å². The van der Waals surface area contributed by atoms with Crippen LogP contribution in [0.3, 0.4) is 0 Å². The summed E-state index contributed by atoms with van der Waals surface area (Å²) in [6.07, 6.45) is 4.18. The maximum absolute atomic E-state index is 11.9. The minimum atomic E-state index is -0.572. The van der Waals surface area contributed by atoms with Crippen molar-refractivity contribution < 1.29 is 19.1 Å². The lowest BCUT2D eigenvalue weighted by Gasteiger charge is -2.18. The highest BCUT2D eigenvalue weighted by molar-refractivity contribution is 5.98. The summed E-state index contributed by atoms with van der Waals surface area (Å²) in [5.41, 5.74) is 25.1. The molecule has 2 aliphatic rings. The summed E-state index contributed by atoms with van der Waals surface area (Å²) in [5.74, 6) is 0.308. The van der Waals surface area contributed by atoms with E-state index in [0.29, 0.717) is 79.0 Å². The number of rotatable bonds is 2. The van der Waals surface area contributed by atoms with Crippen LogP contribution in [0.1, 0.15) is 36.0 Å². The monoisotopic (exact) mass is 480 g/mol. The molecule has 0 fully saturated rings. The van der Waals surface area contributed by atoms with Crippen molar-refractivity contribution in [3.63, 3.8) is 0 Å². The van der Waals surface area contributed by atoms with Crippen LogP contribution in [0.5, 0.6) is 5.75 Å². The summed E-state index contributed by atoms with van der Waals surface area (Å²) < 4.78 is 16.0. The highest BCUT2D eigenvalue weighted by Gasteiger charge is 2.24. The Morgan fingerprint density at radius 3 is 2.40 bits per heavy atom. The normalized spacial score (nSPS) is 18.4. The highest BCUT2D eigenvalue weighted by atomic mass is 16.5. The van der Waals surface area contributed by atoms with Crippen LogP contribution in [0.25, 0.3) is 22.9 Å². The van der Waals surface area contributed by atoms with Crippen LogP contribution in [0.15, 0.2) is 12.1 Å². The standard InChI is InChI=1S/C23H28N8O4/c24-20(32)12-8-14-18-16(10-12)34-6-3-7-35-17-11-13(21(25)33)9-15-19(17)31(23(27)29-15)5-2-1-4-30(18)22(26)28-14/h8-10,13H,1-7,11H2,(H2,24,32)(H2,25,33)(H2,26,28)(H2,27,29). The Labute approximate surface area is 200 Å². The number of aryl methyl sites for hydroxylation is 1. The molecule has 1 aliphatic carbocycles. The van der Waals surface area contributed by atoms with Crippen molar-refractivity contribution in [2.75, 3.05) is 24.7 Å². The molecule has 12 heteroatoms. The number of anilines is 2. The Bertz CT molecular complexity index is 1450. The number of imidazole rings is 2. The van der Waals surface area contributed by atoms with E-state index in [1.165, 1.54) is 0 Å². The number of ether oxygens (including phenoxy) is 2. The van der Waals surface area contributed by atoms with Gasteiger partial charge in [0.1, 0.15) is 22.4 Å². The molecule has 1 aromatic carbocycles. The third-order valence-corrected chi connectivity index (χ3v) is 6.37. The maximum Gasteiger partial charge on any atom is 0.248 e. The third-order valence-electron chi connectivity index (χ3n) is 6.37. The van der Waals surface area contributed by atoms with Crippen LogP contribution in [0, 0.1) is 5.92 Å². The van der Waals surface area contributed by atoms with Crippen molar-refractivity contribution in [3.8, 4) is 5.75 Å². The van der Waals surface area contributed by atoms with Gasteiger partial charge in [0, 0.05) is 31.5 Å². The van der Waals surface area contributed by atoms with Gasteiger partial charge in [-0.2, -0.15) is 0 Å². The molecule has 12 nitrogen and oxygen atoms in total. The van der Waals surface area contributed by atoms with Crippen molar-refractivity contribution in [1.29, 1.82) is 0 Å². The number of carbonyl (C=O) groups excluding carboxylic acids is 2. The number of nitrogens with zero attached hydrogens (tertiary/aromatic N) is 4. The first kappa shape index (κ1) is 22.6. The fraction of sp³-hybridized carbons (Fsp3) is 0.391. The number of carbonyl (C=O) groups is 2. The molecule has 0 radical (unpaired) electrons. The Balaban J connectivity index is 1.52. The van der Waals surface area contributed by atoms with Gasteiger partial charge in [0.2, 0.25) is 23.7 Å². The second-order valence-corrected chi connectivity index (χ2v) is 8.74. The predicted octanol–water partition coefficient (Wildman–Crippen LogP) is -0.830. The minimum Gasteiger partial charge on any atom is -0.496 e. The lowest BCUT2D eigenvalue weighted by atomic mass is 9.99. The molecule has 0 bridgehead atoms. The number of nitrogens with two attached hydrogens (primary N) is 4. The minimum absolute atomic E-state index is 0.299. The summed E-state index contributed by atoms with van der Waals surface area (Å²) in [7, 11) is 0. The van der Waals surface area contributed by atoms with Gasteiger partial charge in [-0.3, -0.25) is 9.59 Å². The number of hydrogen-bond donors (Lipinski definition) is 4. The summed E-state index contributed by atoms with van der Waals surface area (Å²) in [6.45, 7) is 1.85. The van der Waals surface area contributed by atoms with Crippen molar-refractivity contribution >= 4 is 46.6 Å². The molecule has 1 atom stereocenters. The predicted molar refractivity (Wildman–Crippen MR) is 129 cm³/mol. The van der Waals surface area contributed by atoms with Gasteiger partial charge >= 0.3 is 0 Å². The van der Waals surface area contributed by atoms with Gasteiger partial charge in [0.25, 0.3) is 0 Å². The number of amides is 2. The maximum atomic E-state index is 11.9. The fourth-order valence-electron chi connectivity index (χ4n) is 4.68. The lowest BCUT2D eigenvalue weighted by Crippen LogP contribution is -2.40. The summed E-state index contributed by atoms with van der Waals surface area (Å²) >= 11 is 0. The summed E-state index contributed by atoms with van der Waals surface area (Å²) in [5, 5.41) is 1.40. The number of aromatic nitrogens is 4. The second-order valence-electron chi connectivity index (χ2n) is 8.74. The fourth-order valence-corrected chi connectivity index (χ4v) is 4.68. The average Bonchev–Trinajstić information content (AvgIpc) is 3.30. The van der Waals surface area contributed by atoms with Gasteiger partial charge in [0.15, 0.2) is 0 Å². The van der Waals surface area contributed by atoms with Gasteiger partial charge < -0.3 is 41.5 Å². The van der Waals surface area contributed by atoms with E-state index in [2.05, 4.69) is 9.97 Å². The molecule has 0 saturated carbocycles. The van der Waals surface area contributed by atoms with E-state index in [0.717, 1.165) is 23.7 Å². The quantitative estimate of drug-likeness (QED) is 0.365. The Kier molecular flexibility index (Phi) is 5.71. The van der Waals surface area contributed by atoms with Crippen LogP contribution in [0.2, 0.25) is 0 Å². The van der Waals surface area contributed by atoms with E-state index in [-0.39, 0.29) is 0 Å². The molecule has 0 spiro atoms. The van der Waals surface area contributed by atoms with Crippen LogP contribution in [0.4, 0.5) is 11.9 Å². The molecule has 8 N–H and O–H groups in total. The molecule has 1 unspecified atom stereocenters. The molecule has 35 heavy (non-hydrogen) atoms. The van der Waals surface area contributed by atoms with Crippen LogP contribution in [-0.4, -0.2) is 44.1 Å². The molecule has 1 aliphatic heterocycles. The zero-order valence-electron chi connectivity index (χ0n) is 19.2. The lowest BCUT2D eigenvalue weighted by molar-refractivity contribution is -0.120. The number of primary amides is 2. The van der Waals surface area contributed by atoms with Crippen molar-refractivity contribution in [3.05, 3.63) is 28.4 Å². The number of benzene rings is 1. The zero-order chi connectivity index (χ0) is 24.7. The van der Waals surface area contributed by atoms with Gasteiger partial charge in [-0.05, 0) is 31.1 Å². The topological polar surface area (TPSA) is 192 Å². The van der Waals surface area contributed by atoms with E-state index in [1.807, 2.05) is 9.13 Å². The summed E-state index contributed by atoms with van der Waals surface area (Å²) in [4.78, 5) is 32.6. The third kappa shape index (κ3) is 4.11. The first-order valence-electron chi connectivity index (χ1n) is 11.5. The van der Waals surface area contributed by atoms with E-state index >= 15 is 0 Å². The van der Waals surface area contributed by atoms with Crippen molar-refractivity contribution in [1.82, 2.24) is 19.1 Å².